The molecular formula is C19H17N2+. The summed E-state index contributed by atoms with van der Waals surface area (Å²) in [4.78, 5) is 0. The standard InChI is InChI=1S/C19H17N2/c1-20-10-11-21(14-20)13-19-17-8-4-2-6-15(17)12-16-7-3-5-9-18(16)19/h2-12,14H,13H2,1H3/q+1. The van der Waals surface area contributed by atoms with E-state index >= 15 is 0 Å². The van der Waals surface area contributed by atoms with Crippen molar-refractivity contribution in [2.45, 2.75) is 6.54 Å². The molecule has 0 unspecified atom stereocenters. The molecule has 0 aliphatic heterocycles. The van der Waals surface area contributed by atoms with E-state index in [1.807, 2.05) is 0 Å². The minimum Gasteiger partial charge on any atom is -0.240 e. The summed E-state index contributed by atoms with van der Waals surface area (Å²) in [5.74, 6) is 0. The van der Waals surface area contributed by atoms with Crippen LogP contribution in [-0.2, 0) is 13.6 Å². The Bertz CT molecular complexity index is 881. The zero-order valence-corrected chi connectivity index (χ0v) is 12.0. The second kappa shape index (κ2) is 4.74. The van der Waals surface area contributed by atoms with E-state index in [-0.39, 0.29) is 0 Å². The third kappa shape index (κ3) is 2.09. The minimum absolute atomic E-state index is 0.892. The zero-order chi connectivity index (χ0) is 14.2. The van der Waals surface area contributed by atoms with Crippen LogP contribution in [0.1, 0.15) is 5.56 Å². The Hall–Kier alpha value is -2.61. The molecule has 102 valence electrons. The normalized spacial score (nSPS) is 11.3. The summed E-state index contributed by atoms with van der Waals surface area (Å²) in [6.07, 6.45) is 6.32. The quantitative estimate of drug-likeness (QED) is 0.389. The summed E-state index contributed by atoms with van der Waals surface area (Å²) < 4.78 is 4.31. The van der Waals surface area contributed by atoms with Crippen molar-refractivity contribution in [3.63, 3.8) is 0 Å². The van der Waals surface area contributed by atoms with Gasteiger partial charge in [0.15, 0.2) is 0 Å². The molecule has 0 atom stereocenters. The van der Waals surface area contributed by atoms with Crippen LogP contribution >= 0.6 is 0 Å². The summed E-state index contributed by atoms with van der Waals surface area (Å²) in [7, 11) is 2.05. The van der Waals surface area contributed by atoms with Gasteiger partial charge in [0.05, 0.1) is 7.05 Å². The van der Waals surface area contributed by atoms with E-state index in [0.29, 0.717) is 0 Å². The molecule has 3 aromatic carbocycles. The highest BCUT2D eigenvalue weighted by atomic mass is 15.1. The van der Waals surface area contributed by atoms with Crippen molar-refractivity contribution in [2.75, 3.05) is 0 Å². The highest BCUT2D eigenvalue weighted by Crippen LogP contribution is 2.28. The summed E-state index contributed by atoms with van der Waals surface area (Å²) in [5.41, 5.74) is 1.39. The molecule has 2 heteroatoms. The van der Waals surface area contributed by atoms with Gasteiger partial charge in [0.2, 0.25) is 6.33 Å². The zero-order valence-electron chi connectivity index (χ0n) is 12.0. The lowest BCUT2D eigenvalue weighted by atomic mass is 9.97. The number of fused-ring (bicyclic) bond motifs is 2. The molecule has 0 saturated heterocycles. The fourth-order valence-electron chi connectivity index (χ4n) is 3.06. The number of benzene rings is 3. The van der Waals surface area contributed by atoms with Gasteiger partial charge in [0.1, 0.15) is 18.9 Å². The van der Waals surface area contributed by atoms with Crippen LogP contribution in [-0.4, -0.2) is 4.57 Å². The summed E-state index contributed by atoms with van der Waals surface area (Å²) >= 11 is 0. The molecule has 1 aromatic heterocycles. The van der Waals surface area contributed by atoms with E-state index < -0.39 is 0 Å². The molecule has 1 heterocycles. The van der Waals surface area contributed by atoms with E-state index in [1.165, 1.54) is 27.1 Å². The predicted octanol–water partition coefficient (Wildman–Crippen LogP) is 3.67. The Morgan fingerprint density at radius 1 is 0.905 bits per heavy atom. The number of hydrogen-bond acceptors (Lipinski definition) is 0. The largest absolute Gasteiger partial charge is 0.243 e. The fourth-order valence-corrected chi connectivity index (χ4v) is 3.06. The van der Waals surface area contributed by atoms with E-state index in [9.17, 15) is 0 Å². The van der Waals surface area contributed by atoms with Crippen LogP contribution in [0.4, 0.5) is 0 Å². The molecule has 0 fully saturated rings. The number of imidazole rings is 1. The molecule has 0 N–H and O–H groups in total. The molecule has 2 nitrogen and oxygen atoms in total. The van der Waals surface area contributed by atoms with E-state index in [4.69, 9.17) is 0 Å². The van der Waals surface area contributed by atoms with Crippen molar-refractivity contribution in [2.24, 2.45) is 7.05 Å². The first-order chi connectivity index (χ1) is 10.3. The maximum atomic E-state index is 2.28. The first kappa shape index (κ1) is 12.2. The topological polar surface area (TPSA) is 8.81 Å². The number of aryl methyl sites for hydroxylation is 1. The van der Waals surface area contributed by atoms with Crippen molar-refractivity contribution >= 4 is 21.5 Å². The first-order valence-corrected chi connectivity index (χ1v) is 7.22. The maximum absolute atomic E-state index is 2.28. The molecule has 0 aliphatic carbocycles. The first-order valence-electron chi connectivity index (χ1n) is 7.22. The van der Waals surface area contributed by atoms with Gasteiger partial charge >= 0.3 is 0 Å². The van der Waals surface area contributed by atoms with Crippen LogP contribution in [0, 0.1) is 0 Å². The van der Waals surface area contributed by atoms with Crippen molar-refractivity contribution in [1.29, 1.82) is 0 Å². The van der Waals surface area contributed by atoms with E-state index in [0.717, 1.165) is 6.54 Å². The van der Waals surface area contributed by atoms with Gasteiger partial charge in [0, 0.05) is 5.56 Å². The van der Waals surface area contributed by atoms with Gasteiger partial charge in [-0.25, -0.2) is 9.13 Å². The van der Waals surface area contributed by atoms with Crippen LogP contribution in [0.2, 0.25) is 0 Å². The minimum atomic E-state index is 0.892. The Labute approximate surface area is 123 Å². The summed E-state index contributed by atoms with van der Waals surface area (Å²) in [5, 5.41) is 5.30. The average Bonchev–Trinajstić information content (AvgIpc) is 2.92. The molecule has 21 heavy (non-hydrogen) atoms. The fraction of sp³-hybridized carbons (Fsp3) is 0.105. The summed E-state index contributed by atoms with van der Waals surface area (Å²) in [6, 6.07) is 19.6. The average molecular weight is 273 g/mol. The molecular weight excluding hydrogens is 256 g/mol. The summed E-state index contributed by atoms with van der Waals surface area (Å²) in [6.45, 7) is 0.892. The SMILES string of the molecule is Cn1cc[n+](Cc2c3ccccc3cc3ccccc23)c1. The second-order valence-corrected chi connectivity index (χ2v) is 5.55. The van der Waals surface area contributed by atoms with Gasteiger partial charge in [-0.05, 0) is 27.6 Å². The van der Waals surface area contributed by atoms with Crippen molar-refractivity contribution < 1.29 is 4.57 Å². The number of rotatable bonds is 2. The van der Waals surface area contributed by atoms with Gasteiger partial charge < -0.3 is 0 Å². The third-order valence-electron chi connectivity index (χ3n) is 4.05. The lowest BCUT2D eigenvalue weighted by Gasteiger charge is -2.10. The Morgan fingerprint density at radius 3 is 2.10 bits per heavy atom. The van der Waals surface area contributed by atoms with E-state index in [1.54, 1.807) is 0 Å². The smallest absolute Gasteiger partial charge is 0.240 e. The predicted molar refractivity (Wildman–Crippen MR) is 86.2 cm³/mol. The van der Waals surface area contributed by atoms with Gasteiger partial charge in [-0.3, -0.25) is 0 Å². The van der Waals surface area contributed by atoms with Crippen molar-refractivity contribution in [3.05, 3.63) is 78.9 Å². The third-order valence-corrected chi connectivity index (χ3v) is 4.05. The molecule has 0 spiro atoms. The van der Waals surface area contributed by atoms with Gasteiger partial charge in [0.25, 0.3) is 0 Å². The van der Waals surface area contributed by atoms with E-state index in [2.05, 4.69) is 89.5 Å². The van der Waals surface area contributed by atoms with Crippen LogP contribution in [0.25, 0.3) is 21.5 Å². The Balaban J connectivity index is 2.01. The highest BCUT2D eigenvalue weighted by Gasteiger charge is 2.10. The van der Waals surface area contributed by atoms with Gasteiger partial charge in [-0.15, -0.1) is 0 Å². The highest BCUT2D eigenvalue weighted by molar-refractivity contribution is 6.02. The Kier molecular flexibility index (Phi) is 2.74. The van der Waals surface area contributed by atoms with Crippen LogP contribution in [0.3, 0.4) is 0 Å². The second-order valence-electron chi connectivity index (χ2n) is 5.55. The van der Waals surface area contributed by atoms with Crippen LogP contribution in [0.5, 0.6) is 0 Å². The number of nitrogens with zero attached hydrogens (tertiary/aromatic N) is 2. The number of hydrogen-bond donors (Lipinski definition) is 0. The van der Waals surface area contributed by atoms with Gasteiger partial charge in [-0.2, -0.15) is 0 Å². The van der Waals surface area contributed by atoms with Crippen LogP contribution < -0.4 is 4.57 Å². The van der Waals surface area contributed by atoms with Gasteiger partial charge in [-0.1, -0.05) is 48.5 Å². The Morgan fingerprint density at radius 2 is 1.52 bits per heavy atom. The maximum Gasteiger partial charge on any atom is 0.243 e. The molecule has 4 rings (SSSR count). The molecule has 0 bridgehead atoms. The number of aromatic nitrogens is 2. The molecule has 0 saturated carbocycles. The van der Waals surface area contributed by atoms with Crippen molar-refractivity contribution in [3.8, 4) is 0 Å². The monoisotopic (exact) mass is 273 g/mol. The lowest BCUT2D eigenvalue weighted by molar-refractivity contribution is -0.687. The molecule has 0 amide bonds. The molecule has 4 aromatic rings. The van der Waals surface area contributed by atoms with Crippen LogP contribution in [0.15, 0.2) is 73.3 Å². The molecule has 0 aliphatic rings. The van der Waals surface area contributed by atoms with Crippen molar-refractivity contribution in [1.82, 2.24) is 4.57 Å². The molecule has 0 radical (unpaired) electrons. The lowest BCUT2D eigenvalue weighted by Crippen LogP contribution is -2.31.